The molecule has 2 aliphatic rings. The van der Waals surface area contributed by atoms with Crippen molar-refractivity contribution in [1.82, 2.24) is 9.62 Å². The van der Waals surface area contributed by atoms with Gasteiger partial charge in [-0.25, -0.2) is 8.42 Å². The van der Waals surface area contributed by atoms with Gasteiger partial charge in [0.2, 0.25) is 10.0 Å². The van der Waals surface area contributed by atoms with Gasteiger partial charge in [-0.2, -0.15) is 4.31 Å². The summed E-state index contributed by atoms with van der Waals surface area (Å²) in [6.45, 7) is 2.60. The van der Waals surface area contributed by atoms with E-state index in [2.05, 4.69) is 5.32 Å². The Kier molecular flexibility index (Phi) is 4.62. The second-order valence-corrected chi connectivity index (χ2v) is 8.00. The van der Waals surface area contributed by atoms with Crippen molar-refractivity contribution in [3.8, 4) is 0 Å². The molecule has 0 radical (unpaired) electrons. The van der Waals surface area contributed by atoms with E-state index in [1.165, 1.54) is 37.7 Å². The molecule has 0 bridgehead atoms. The molecule has 1 saturated heterocycles. The Bertz CT molecular complexity index is 556. The molecule has 0 spiro atoms. The fraction of sp³-hybridized carbons (Fsp3) is 0.625. The molecular weight excluding hydrogens is 284 g/mol. The molecule has 1 saturated carbocycles. The predicted octanol–water partition coefficient (Wildman–Crippen LogP) is 2.33. The summed E-state index contributed by atoms with van der Waals surface area (Å²) in [6, 6.07) is 7.62. The lowest BCUT2D eigenvalue weighted by Gasteiger charge is -2.27. The molecule has 0 unspecified atom stereocenters. The van der Waals surface area contributed by atoms with E-state index in [1.807, 2.05) is 12.1 Å². The summed E-state index contributed by atoms with van der Waals surface area (Å²) >= 11 is 0. The van der Waals surface area contributed by atoms with E-state index in [0.29, 0.717) is 23.9 Å². The maximum absolute atomic E-state index is 12.6. The molecule has 21 heavy (non-hydrogen) atoms. The van der Waals surface area contributed by atoms with E-state index >= 15 is 0 Å². The maximum Gasteiger partial charge on any atom is 0.243 e. The van der Waals surface area contributed by atoms with Crippen LogP contribution in [0.15, 0.2) is 29.2 Å². The molecule has 4 nitrogen and oxygen atoms in total. The topological polar surface area (TPSA) is 49.4 Å². The summed E-state index contributed by atoms with van der Waals surface area (Å²) in [4.78, 5) is 0.434. The van der Waals surface area contributed by atoms with Crippen LogP contribution in [0.2, 0.25) is 0 Å². The normalized spacial score (nSPS) is 22.3. The molecule has 1 aromatic rings. The van der Waals surface area contributed by atoms with E-state index in [4.69, 9.17) is 0 Å². The number of nitrogens with one attached hydrogen (secondary N) is 1. The molecule has 1 aliphatic carbocycles. The molecule has 1 aliphatic heterocycles. The Balaban J connectivity index is 1.76. The molecule has 0 aromatic heterocycles. The summed E-state index contributed by atoms with van der Waals surface area (Å²) in [5.74, 6) is 0.620. The van der Waals surface area contributed by atoms with Gasteiger partial charge in [0.1, 0.15) is 0 Å². The fourth-order valence-corrected chi connectivity index (χ4v) is 4.82. The summed E-state index contributed by atoms with van der Waals surface area (Å²) in [5.41, 5.74) is 1.30. The van der Waals surface area contributed by atoms with Gasteiger partial charge in [0.05, 0.1) is 4.90 Å². The third-order valence-electron chi connectivity index (χ3n) is 4.67. The number of piperazine rings is 1. The van der Waals surface area contributed by atoms with Gasteiger partial charge in [0, 0.05) is 26.2 Å². The van der Waals surface area contributed by atoms with Crippen LogP contribution in [0.4, 0.5) is 0 Å². The van der Waals surface area contributed by atoms with Crippen molar-refractivity contribution < 1.29 is 8.42 Å². The van der Waals surface area contributed by atoms with Gasteiger partial charge in [0.15, 0.2) is 0 Å². The van der Waals surface area contributed by atoms with Crippen molar-refractivity contribution in [2.75, 3.05) is 26.2 Å². The van der Waals surface area contributed by atoms with Gasteiger partial charge in [-0.05, 0) is 36.5 Å². The Labute approximate surface area is 127 Å². The predicted molar refractivity (Wildman–Crippen MR) is 83.9 cm³/mol. The molecule has 1 heterocycles. The molecule has 5 heteroatoms. The van der Waals surface area contributed by atoms with E-state index in [0.717, 1.165) is 13.1 Å². The third-order valence-corrected chi connectivity index (χ3v) is 6.58. The zero-order valence-corrected chi connectivity index (χ0v) is 13.2. The smallest absolute Gasteiger partial charge is 0.243 e. The van der Waals surface area contributed by atoms with Crippen molar-refractivity contribution in [2.45, 2.75) is 42.9 Å². The zero-order valence-electron chi connectivity index (χ0n) is 12.4. The standard InChI is InChI=1S/C16H24N2O2S/c19-21(20,18-12-10-17-11-13-18)16-8-6-15(7-9-16)14-4-2-1-3-5-14/h6-9,14,17H,1-5,10-13H2. The molecular formula is C16H24N2O2S. The minimum atomic E-state index is -3.32. The molecule has 0 amide bonds. The quantitative estimate of drug-likeness (QED) is 0.932. The Morgan fingerprint density at radius 3 is 2.19 bits per heavy atom. The van der Waals surface area contributed by atoms with Crippen LogP contribution in [0.1, 0.15) is 43.6 Å². The lowest BCUT2D eigenvalue weighted by atomic mass is 9.84. The van der Waals surface area contributed by atoms with Crippen LogP contribution < -0.4 is 5.32 Å². The largest absolute Gasteiger partial charge is 0.314 e. The summed E-state index contributed by atoms with van der Waals surface area (Å²) < 4.78 is 26.7. The summed E-state index contributed by atoms with van der Waals surface area (Å²) in [5, 5.41) is 3.18. The zero-order chi connectivity index (χ0) is 14.7. The van der Waals surface area contributed by atoms with Crippen LogP contribution in [-0.4, -0.2) is 38.9 Å². The van der Waals surface area contributed by atoms with Crippen LogP contribution in [0.3, 0.4) is 0 Å². The van der Waals surface area contributed by atoms with Crippen LogP contribution in [-0.2, 0) is 10.0 Å². The minimum absolute atomic E-state index is 0.434. The Morgan fingerprint density at radius 2 is 1.57 bits per heavy atom. The van der Waals surface area contributed by atoms with Crippen LogP contribution in [0, 0.1) is 0 Å². The lowest BCUT2D eigenvalue weighted by molar-refractivity contribution is 0.360. The van der Waals surface area contributed by atoms with Gasteiger partial charge < -0.3 is 5.32 Å². The molecule has 1 aromatic carbocycles. The van der Waals surface area contributed by atoms with Crippen molar-refractivity contribution in [3.05, 3.63) is 29.8 Å². The van der Waals surface area contributed by atoms with Crippen molar-refractivity contribution >= 4 is 10.0 Å². The molecule has 0 atom stereocenters. The van der Waals surface area contributed by atoms with Gasteiger partial charge in [-0.15, -0.1) is 0 Å². The van der Waals surface area contributed by atoms with E-state index in [9.17, 15) is 8.42 Å². The van der Waals surface area contributed by atoms with Crippen molar-refractivity contribution in [2.24, 2.45) is 0 Å². The number of nitrogens with zero attached hydrogens (tertiary/aromatic N) is 1. The first-order chi connectivity index (χ1) is 10.2. The van der Waals surface area contributed by atoms with Gasteiger partial charge in [-0.1, -0.05) is 31.4 Å². The van der Waals surface area contributed by atoms with Crippen molar-refractivity contribution in [1.29, 1.82) is 0 Å². The fourth-order valence-electron chi connectivity index (χ4n) is 3.38. The number of rotatable bonds is 3. The molecule has 116 valence electrons. The van der Waals surface area contributed by atoms with E-state index < -0.39 is 10.0 Å². The van der Waals surface area contributed by atoms with Gasteiger partial charge in [0.25, 0.3) is 0 Å². The SMILES string of the molecule is O=S(=O)(c1ccc(C2CCCCC2)cc1)N1CCNCC1. The number of benzene rings is 1. The minimum Gasteiger partial charge on any atom is -0.314 e. The number of hydrogen-bond acceptors (Lipinski definition) is 3. The van der Waals surface area contributed by atoms with Gasteiger partial charge >= 0.3 is 0 Å². The van der Waals surface area contributed by atoms with Gasteiger partial charge in [-0.3, -0.25) is 0 Å². The average molecular weight is 308 g/mol. The number of hydrogen-bond donors (Lipinski definition) is 1. The highest BCUT2D eigenvalue weighted by atomic mass is 32.2. The third kappa shape index (κ3) is 3.30. The molecule has 3 rings (SSSR count). The second kappa shape index (κ2) is 6.46. The first-order valence-electron chi connectivity index (χ1n) is 7.99. The van der Waals surface area contributed by atoms with E-state index in [-0.39, 0.29) is 0 Å². The highest BCUT2D eigenvalue weighted by Gasteiger charge is 2.26. The Morgan fingerprint density at radius 1 is 0.952 bits per heavy atom. The molecule has 2 fully saturated rings. The van der Waals surface area contributed by atoms with E-state index in [1.54, 1.807) is 16.4 Å². The lowest BCUT2D eigenvalue weighted by Crippen LogP contribution is -2.46. The monoisotopic (exact) mass is 308 g/mol. The maximum atomic E-state index is 12.6. The Hall–Kier alpha value is -0.910. The van der Waals surface area contributed by atoms with Crippen LogP contribution in [0.25, 0.3) is 0 Å². The first-order valence-corrected chi connectivity index (χ1v) is 9.43. The second-order valence-electron chi connectivity index (χ2n) is 6.06. The molecule has 1 N–H and O–H groups in total. The average Bonchev–Trinajstić information content (AvgIpc) is 2.57. The number of sulfonamides is 1. The highest BCUT2D eigenvalue weighted by Crippen LogP contribution is 2.33. The first kappa shape index (κ1) is 15.0. The van der Waals surface area contributed by atoms with Crippen molar-refractivity contribution in [3.63, 3.8) is 0 Å². The summed E-state index contributed by atoms with van der Waals surface area (Å²) in [6.07, 6.45) is 6.41. The van der Waals surface area contributed by atoms with Crippen LogP contribution in [0.5, 0.6) is 0 Å². The van der Waals surface area contributed by atoms with Crippen LogP contribution >= 0.6 is 0 Å². The summed E-state index contributed by atoms with van der Waals surface area (Å²) in [7, 11) is -3.32. The highest BCUT2D eigenvalue weighted by molar-refractivity contribution is 7.89.